The molecular formula is C23H30F3N5O3. The number of aromatic nitrogens is 2. The van der Waals surface area contributed by atoms with E-state index in [1.54, 1.807) is 0 Å². The number of carbonyl (C=O) groups is 2. The smallest absolute Gasteiger partial charge is 0.475 e. The lowest BCUT2D eigenvalue weighted by Gasteiger charge is -2.30. The molecule has 0 radical (unpaired) electrons. The van der Waals surface area contributed by atoms with Gasteiger partial charge in [0.1, 0.15) is 5.82 Å². The first-order chi connectivity index (χ1) is 15.9. The molecule has 0 aliphatic heterocycles. The standard InChI is InChI=1S/C21H29N5O.C2HF3O2/c1-14-15(2)22-21(25-19(14)26(3)4)24-18-12-10-17(11-13-18)23-20(27)16-8-6-5-7-9-16;3-2(4,5)1(6)7/h5-9,17-18H,10-13H2,1-4H3,(H,23,27)(H,22,24,25);(H,6,7)/t17-,18+;. The molecule has 1 heterocycles. The number of carboxylic acid groups (broad SMARTS) is 1. The van der Waals surface area contributed by atoms with E-state index in [0.29, 0.717) is 12.0 Å². The second kappa shape index (κ2) is 11.7. The van der Waals surface area contributed by atoms with E-state index < -0.39 is 12.1 Å². The lowest BCUT2D eigenvalue weighted by atomic mass is 9.91. The number of hydrogen-bond donors (Lipinski definition) is 3. The number of benzene rings is 1. The lowest BCUT2D eigenvalue weighted by molar-refractivity contribution is -0.192. The molecule has 34 heavy (non-hydrogen) atoms. The third kappa shape index (κ3) is 7.89. The summed E-state index contributed by atoms with van der Waals surface area (Å²) >= 11 is 0. The van der Waals surface area contributed by atoms with Gasteiger partial charge in [-0.15, -0.1) is 0 Å². The Morgan fingerprint density at radius 2 is 1.53 bits per heavy atom. The number of anilines is 2. The zero-order chi connectivity index (χ0) is 25.5. The largest absolute Gasteiger partial charge is 0.490 e. The fourth-order valence-electron chi connectivity index (χ4n) is 3.54. The molecule has 0 saturated heterocycles. The number of aliphatic carboxylic acids is 1. The van der Waals surface area contributed by atoms with E-state index in [4.69, 9.17) is 9.90 Å². The van der Waals surface area contributed by atoms with Crippen molar-refractivity contribution in [3.63, 3.8) is 0 Å². The highest BCUT2D eigenvalue weighted by atomic mass is 19.4. The van der Waals surface area contributed by atoms with Crippen LogP contribution in [0.5, 0.6) is 0 Å². The Kier molecular flexibility index (Phi) is 9.22. The quantitative estimate of drug-likeness (QED) is 0.594. The van der Waals surface area contributed by atoms with Crippen LogP contribution in [0.4, 0.5) is 24.9 Å². The summed E-state index contributed by atoms with van der Waals surface area (Å²) in [6.45, 7) is 4.07. The van der Waals surface area contributed by atoms with Crippen LogP contribution in [0, 0.1) is 13.8 Å². The third-order valence-corrected chi connectivity index (χ3v) is 5.46. The molecule has 0 unspecified atom stereocenters. The van der Waals surface area contributed by atoms with Gasteiger partial charge < -0.3 is 20.6 Å². The van der Waals surface area contributed by atoms with Crippen molar-refractivity contribution in [1.82, 2.24) is 15.3 Å². The van der Waals surface area contributed by atoms with Gasteiger partial charge >= 0.3 is 12.1 Å². The molecule has 1 amide bonds. The lowest BCUT2D eigenvalue weighted by Crippen LogP contribution is -2.40. The highest BCUT2D eigenvalue weighted by Crippen LogP contribution is 2.24. The SMILES string of the molecule is Cc1nc(N[C@H]2CC[C@@H](NC(=O)c3ccccc3)CC2)nc(N(C)C)c1C.O=C(O)C(F)(F)F. The number of rotatable bonds is 5. The molecule has 1 fully saturated rings. The van der Waals surface area contributed by atoms with Crippen LogP contribution in [0.3, 0.4) is 0 Å². The van der Waals surface area contributed by atoms with Crippen molar-refractivity contribution < 1.29 is 27.9 Å². The Balaban J connectivity index is 0.000000509. The fraction of sp³-hybridized carbons (Fsp3) is 0.478. The molecule has 1 aromatic carbocycles. The van der Waals surface area contributed by atoms with Gasteiger partial charge in [-0.1, -0.05) is 18.2 Å². The van der Waals surface area contributed by atoms with Crippen molar-refractivity contribution in [2.75, 3.05) is 24.3 Å². The number of nitrogens with zero attached hydrogens (tertiary/aromatic N) is 3. The highest BCUT2D eigenvalue weighted by molar-refractivity contribution is 5.94. The molecule has 3 N–H and O–H groups in total. The normalized spacial score (nSPS) is 17.7. The van der Waals surface area contributed by atoms with Crippen molar-refractivity contribution in [2.45, 2.75) is 57.8 Å². The number of nitrogens with one attached hydrogen (secondary N) is 2. The van der Waals surface area contributed by atoms with E-state index in [1.807, 2.05) is 56.3 Å². The fourth-order valence-corrected chi connectivity index (χ4v) is 3.54. The van der Waals surface area contributed by atoms with Gasteiger partial charge in [0, 0.05) is 43.0 Å². The minimum Gasteiger partial charge on any atom is -0.475 e. The maximum absolute atomic E-state index is 12.3. The minimum atomic E-state index is -5.08. The van der Waals surface area contributed by atoms with Crippen LogP contribution < -0.4 is 15.5 Å². The summed E-state index contributed by atoms with van der Waals surface area (Å²) in [5.74, 6) is -1.10. The van der Waals surface area contributed by atoms with Gasteiger partial charge in [0.15, 0.2) is 0 Å². The second-order valence-electron chi connectivity index (χ2n) is 8.31. The molecule has 0 bridgehead atoms. The molecule has 1 aliphatic carbocycles. The number of aryl methyl sites for hydroxylation is 1. The van der Waals surface area contributed by atoms with Crippen molar-refractivity contribution >= 4 is 23.6 Å². The van der Waals surface area contributed by atoms with Crippen molar-refractivity contribution in [3.8, 4) is 0 Å². The molecule has 0 spiro atoms. The molecule has 1 saturated carbocycles. The summed E-state index contributed by atoms with van der Waals surface area (Å²) in [4.78, 5) is 32.5. The molecule has 0 atom stereocenters. The molecule has 186 valence electrons. The third-order valence-electron chi connectivity index (χ3n) is 5.46. The summed E-state index contributed by atoms with van der Waals surface area (Å²) in [6, 6.07) is 9.97. The van der Waals surface area contributed by atoms with Crippen LogP contribution in [0.2, 0.25) is 0 Å². The Morgan fingerprint density at radius 3 is 2.03 bits per heavy atom. The molecular weight excluding hydrogens is 451 g/mol. The summed E-state index contributed by atoms with van der Waals surface area (Å²) in [5, 5.41) is 13.8. The summed E-state index contributed by atoms with van der Waals surface area (Å²) < 4.78 is 31.7. The zero-order valence-electron chi connectivity index (χ0n) is 19.6. The molecule has 11 heteroatoms. The first kappa shape index (κ1) is 26.9. The maximum Gasteiger partial charge on any atom is 0.490 e. The van der Waals surface area contributed by atoms with Crippen LogP contribution in [-0.4, -0.2) is 59.3 Å². The topological polar surface area (TPSA) is 107 Å². The van der Waals surface area contributed by atoms with Gasteiger partial charge in [0.05, 0.1) is 0 Å². The van der Waals surface area contributed by atoms with Gasteiger partial charge in [-0.3, -0.25) is 4.79 Å². The van der Waals surface area contributed by atoms with Crippen LogP contribution in [-0.2, 0) is 4.79 Å². The molecule has 8 nitrogen and oxygen atoms in total. The zero-order valence-corrected chi connectivity index (χ0v) is 19.6. The van der Waals surface area contributed by atoms with Gasteiger partial charge in [-0.05, 0) is 51.7 Å². The minimum absolute atomic E-state index is 0.0140. The molecule has 1 aliphatic rings. The predicted octanol–water partition coefficient (Wildman–Crippen LogP) is 3.95. The Bertz CT molecular complexity index is 976. The van der Waals surface area contributed by atoms with E-state index >= 15 is 0 Å². The van der Waals surface area contributed by atoms with Gasteiger partial charge in [0.25, 0.3) is 5.91 Å². The van der Waals surface area contributed by atoms with Crippen LogP contribution in [0.25, 0.3) is 0 Å². The summed E-state index contributed by atoms with van der Waals surface area (Å²) in [6.07, 6.45) is -1.18. The van der Waals surface area contributed by atoms with E-state index in [2.05, 4.69) is 27.5 Å². The number of amides is 1. The average Bonchev–Trinajstić information content (AvgIpc) is 2.77. The monoisotopic (exact) mass is 481 g/mol. The average molecular weight is 482 g/mol. The molecule has 1 aromatic heterocycles. The first-order valence-electron chi connectivity index (χ1n) is 10.8. The maximum atomic E-state index is 12.3. The number of carbonyl (C=O) groups excluding carboxylic acids is 1. The van der Waals surface area contributed by atoms with Gasteiger partial charge in [-0.25, -0.2) is 9.78 Å². The predicted molar refractivity (Wildman–Crippen MR) is 123 cm³/mol. The van der Waals surface area contributed by atoms with E-state index in [-0.39, 0.29) is 11.9 Å². The Hall–Kier alpha value is -3.37. The number of carboxylic acids is 1. The van der Waals surface area contributed by atoms with Crippen molar-refractivity contribution in [3.05, 3.63) is 47.2 Å². The van der Waals surface area contributed by atoms with E-state index in [9.17, 15) is 18.0 Å². The molecule has 3 rings (SSSR count). The number of alkyl halides is 3. The van der Waals surface area contributed by atoms with Crippen molar-refractivity contribution in [1.29, 1.82) is 0 Å². The highest BCUT2D eigenvalue weighted by Gasteiger charge is 2.38. The summed E-state index contributed by atoms with van der Waals surface area (Å²) in [7, 11) is 4.00. The van der Waals surface area contributed by atoms with E-state index in [0.717, 1.165) is 48.3 Å². The van der Waals surface area contributed by atoms with Crippen molar-refractivity contribution in [2.24, 2.45) is 0 Å². The Morgan fingerprint density at radius 1 is 1.00 bits per heavy atom. The summed E-state index contributed by atoms with van der Waals surface area (Å²) in [5.41, 5.74) is 2.83. The number of hydrogen-bond acceptors (Lipinski definition) is 6. The van der Waals surface area contributed by atoms with Gasteiger partial charge in [0.2, 0.25) is 5.95 Å². The number of halogens is 3. The first-order valence-corrected chi connectivity index (χ1v) is 10.8. The van der Waals surface area contributed by atoms with Crippen LogP contribution in [0.1, 0.15) is 47.3 Å². The van der Waals surface area contributed by atoms with E-state index in [1.165, 1.54) is 0 Å². The van der Waals surface area contributed by atoms with Gasteiger partial charge in [-0.2, -0.15) is 18.2 Å². The van der Waals surface area contributed by atoms with Crippen LogP contribution in [0.15, 0.2) is 30.3 Å². The van der Waals surface area contributed by atoms with Crippen LogP contribution >= 0.6 is 0 Å². The second-order valence-corrected chi connectivity index (χ2v) is 8.31. The molecule has 2 aromatic rings. The Labute approximate surface area is 196 Å².